The van der Waals surface area contributed by atoms with E-state index in [2.05, 4.69) is 0 Å². The molecule has 0 amide bonds. The fraction of sp³-hybridized carbons (Fsp3) is 0.0500. The molecular formula is C20H14Cl2O5S. The highest BCUT2D eigenvalue weighted by atomic mass is 35.5. The van der Waals surface area contributed by atoms with Gasteiger partial charge in [0, 0.05) is 18.0 Å². The second kappa shape index (κ2) is 8.22. The zero-order valence-corrected chi connectivity index (χ0v) is 16.9. The molecule has 0 spiro atoms. The average molecular weight is 437 g/mol. The third-order valence-corrected chi connectivity index (χ3v) is 5.88. The number of rotatable bonds is 5. The van der Waals surface area contributed by atoms with Crippen LogP contribution in [0.15, 0.2) is 76.5 Å². The van der Waals surface area contributed by atoms with Crippen molar-refractivity contribution in [2.75, 3.05) is 0 Å². The molecular weight excluding hydrogens is 423 g/mol. The summed E-state index contributed by atoms with van der Waals surface area (Å²) in [7, 11) is -3.70. The van der Waals surface area contributed by atoms with Crippen molar-refractivity contribution in [2.45, 2.75) is 16.7 Å². The minimum atomic E-state index is -3.70. The van der Waals surface area contributed by atoms with E-state index >= 15 is 0 Å². The van der Waals surface area contributed by atoms with Crippen LogP contribution in [-0.2, 0) is 14.6 Å². The first-order chi connectivity index (χ1) is 13.3. The Balaban J connectivity index is 1.90. The highest BCUT2D eigenvalue weighted by Gasteiger charge is 2.19. The second-order valence-electron chi connectivity index (χ2n) is 5.73. The summed E-state index contributed by atoms with van der Waals surface area (Å²) in [6.45, 7) is 1.27. The summed E-state index contributed by atoms with van der Waals surface area (Å²) < 4.78 is 36.0. The third-order valence-electron chi connectivity index (χ3n) is 3.60. The summed E-state index contributed by atoms with van der Waals surface area (Å²) >= 11 is 12.2. The third kappa shape index (κ3) is 4.65. The topological polar surface area (TPSA) is 69.7 Å². The molecule has 0 radical (unpaired) electrons. The van der Waals surface area contributed by atoms with Gasteiger partial charge in [-0.05, 0) is 42.5 Å². The van der Waals surface area contributed by atoms with Crippen molar-refractivity contribution in [1.82, 2.24) is 0 Å². The Labute approximate surface area is 172 Å². The first-order valence-electron chi connectivity index (χ1n) is 8.02. The lowest BCUT2D eigenvalue weighted by Gasteiger charge is -2.11. The molecule has 0 saturated carbocycles. The van der Waals surface area contributed by atoms with Crippen molar-refractivity contribution < 1.29 is 22.7 Å². The normalized spacial score (nSPS) is 11.1. The van der Waals surface area contributed by atoms with Crippen LogP contribution in [0.4, 0.5) is 0 Å². The Bertz CT molecular complexity index is 1130. The first kappa shape index (κ1) is 20.2. The molecule has 8 heteroatoms. The van der Waals surface area contributed by atoms with Crippen LogP contribution in [-0.4, -0.2) is 14.4 Å². The monoisotopic (exact) mass is 436 g/mol. The summed E-state index contributed by atoms with van der Waals surface area (Å²) in [5.41, 5.74) is 0. The molecule has 28 heavy (non-hydrogen) atoms. The van der Waals surface area contributed by atoms with Gasteiger partial charge in [0.25, 0.3) is 0 Å². The number of benzene rings is 3. The quantitative estimate of drug-likeness (QED) is 0.387. The van der Waals surface area contributed by atoms with Crippen LogP contribution in [0.25, 0.3) is 0 Å². The fourth-order valence-corrected chi connectivity index (χ4v) is 4.22. The van der Waals surface area contributed by atoms with Crippen molar-refractivity contribution in [3.8, 4) is 17.2 Å². The maximum atomic E-state index is 12.7. The summed E-state index contributed by atoms with van der Waals surface area (Å²) in [4.78, 5) is 11.3. The van der Waals surface area contributed by atoms with Gasteiger partial charge in [0.05, 0.1) is 14.8 Å². The van der Waals surface area contributed by atoms with Crippen LogP contribution in [0.5, 0.6) is 17.2 Å². The van der Waals surface area contributed by atoms with Gasteiger partial charge in [0.1, 0.15) is 17.2 Å². The Morgan fingerprint density at radius 3 is 2.18 bits per heavy atom. The van der Waals surface area contributed by atoms with Crippen LogP contribution < -0.4 is 9.47 Å². The van der Waals surface area contributed by atoms with Gasteiger partial charge in [-0.2, -0.15) is 0 Å². The Morgan fingerprint density at radius 2 is 1.54 bits per heavy atom. The molecule has 0 unspecified atom stereocenters. The molecule has 0 bridgehead atoms. The number of esters is 1. The molecule has 3 aromatic carbocycles. The fourth-order valence-electron chi connectivity index (χ4n) is 2.42. The summed E-state index contributed by atoms with van der Waals surface area (Å²) in [6, 6.07) is 16.7. The molecule has 3 rings (SSSR count). The first-order valence-corrected chi connectivity index (χ1v) is 10.3. The largest absolute Gasteiger partial charge is 0.456 e. The van der Waals surface area contributed by atoms with Crippen LogP contribution in [0.2, 0.25) is 10.0 Å². The molecule has 0 atom stereocenters. The lowest BCUT2D eigenvalue weighted by Crippen LogP contribution is -2.02. The molecule has 3 aromatic rings. The lowest BCUT2D eigenvalue weighted by atomic mass is 10.3. The Hall–Kier alpha value is -2.54. The summed E-state index contributed by atoms with van der Waals surface area (Å²) in [5.74, 6) is 0.227. The van der Waals surface area contributed by atoms with E-state index in [9.17, 15) is 13.2 Å². The van der Waals surface area contributed by atoms with E-state index in [-0.39, 0.29) is 32.1 Å². The maximum Gasteiger partial charge on any atom is 0.308 e. The maximum absolute atomic E-state index is 12.7. The molecule has 0 N–H and O–H groups in total. The number of sulfone groups is 1. The molecule has 144 valence electrons. The van der Waals surface area contributed by atoms with E-state index < -0.39 is 15.8 Å². The lowest BCUT2D eigenvalue weighted by molar-refractivity contribution is -0.131. The van der Waals surface area contributed by atoms with Crippen molar-refractivity contribution >= 4 is 39.0 Å². The number of hydrogen-bond donors (Lipinski definition) is 0. The van der Waals surface area contributed by atoms with Crippen molar-refractivity contribution in [3.05, 3.63) is 76.8 Å². The van der Waals surface area contributed by atoms with Gasteiger partial charge in [0.15, 0.2) is 0 Å². The van der Waals surface area contributed by atoms with Crippen LogP contribution in [0.3, 0.4) is 0 Å². The number of hydrogen-bond acceptors (Lipinski definition) is 5. The van der Waals surface area contributed by atoms with Gasteiger partial charge in [-0.25, -0.2) is 8.42 Å². The second-order valence-corrected chi connectivity index (χ2v) is 8.52. The van der Waals surface area contributed by atoms with E-state index in [1.807, 2.05) is 0 Å². The zero-order valence-electron chi connectivity index (χ0n) is 14.6. The van der Waals surface area contributed by atoms with E-state index in [0.717, 1.165) is 0 Å². The molecule has 0 aliphatic rings. The highest BCUT2D eigenvalue weighted by molar-refractivity contribution is 7.91. The number of ether oxygens (including phenoxy) is 2. The van der Waals surface area contributed by atoms with Crippen LogP contribution >= 0.6 is 23.2 Å². The Kier molecular flexibility index (Phi) is 5.93. The predicted molar refractivity (Wildman–Crippen MR) is 106 cm³/mol. The van der Waals surface area contributed by atoms with E-state index in [1.165, 1.54) is 55.5 Å². The van der Waals surface area contributed by atoms with E-state index in [4.69, 9.17) is 32.7 Å². The zero-order chi connectivity index (χ0) is 20.3. The van der Waals surface area contributed by atoms with Gasteiger partial charge >= 0.3 is 5.97 Å². The van der Waals surface area contributed by atoms with Gasteiger partial charge in [0.2, 0.25) is 9.84 Å². The van der Waals surface area contributed by atoms with Crippen LogP contribution in [0, 0.1) is 0 Å². The van der Waals surface area contributed by atoms with Crippen molar-refractivity contribution in [2.24, 2.45) is 0 Å². The minimum Gasteiger partial charge on any atom is -0.456 e. The summed E-state index contributed by atoms with van der Waals surface area (Å²) in [6.07, 6.45) is 0. The standard InChI is InChI=1S/C20H14Cl2O5S/c1-13(23)26-15-9-14(21)10-16(11-15)27-20-8-7-18(12-19(20)22)28(24,25)17-5-3-2-4-6-17/h2-12H,1H3. The smallest absolute Gasteiger partial charge is 0.308 e. The van der Waals surface area contributed by atoms with Gasteiger partial charge in [-0.1, -0.05) is 41.4 Å². The summed E-state index contributed by atoms with van der Waals surface area (Å²) in [5, 5.41) is 0.402. The number of carbonyl (C=O) groups is 1. The van der Waals surface area contributed by atoms with Crippen LogP contribution in [0.1, 0.15) is 6.92 Å². The molecule has 0 aliphatic heterocycles. The SMILES string of the molecule is CC(=O)Oc1cc(Cl)cc(Oc2ccc(S(=O)(=O)c3ccccc3)cc2Cl)c1. The predicted octanol–water partition coefficient (Wildman–Crippen LogP) is 5.54. The van der Waals surface area contributed by atoms with Crippen molar-refractivity contribution in [1.29, 1.82) is 0 Å². The van der Waals surface area contributed by atoms with Gasteiger partial charge in [-0.3, -0.25) is 4.79 Å². The van der Waals surface area contributed by atoms with E-state index in [1.54, 1.807) is 18.2 Å². The van der Waals surface area contributed by atoms with E-state index in [0.29, 0.717) is 5.02 Å². The van der Waals surface area contributed by atoms with Gasteiger partial charge in [-0.15, -0.1) is 0 Å². The molecule has 0 saturated heterocycles. The minimum absolute atomic E-state index is 0.0442. The van der Waals surface area contributed by atoms with Gasteiger partial charge < -0.3 is 9.47 Å². The number of carbonyl (C=O) groups excluding carboxylic acids is 1. The molecule has 0 aliphatic carbocycles. The number of halogens is 2. The molecule has 0 aromatic heterocycles. The molecule has 0 fully saturated rings. The molecule has 5 nitrogen and oxygen atoms in total. The molecule has 0 heterocycles. The van der Waals surface area contributed by atoms with Crippen molar-refractivity contribution in [3.63, 3.8) is 0 Å². The highest BCUT2D eigenvalue weighted by Crippen LogP contribution is 2.35. The Morgan fingerprint density at radius 1 is 0.857 bits per heavy atom. The average Bonchev–Trinajstić information content (AvgIpc) is 2.63.